The fourth-order valence-corrected chi connectivity index (χ4v) is 3.58. The van der Waals surface area contributed by atoms with E-state index >= 15 is 0 Å². The molecule has 1 saturated heterocycles. The van der Waals surface area contributed by atoms with Crippen molar-refractivity contribution in [1.29, 1.82) is 0 Å². The van der Waals surface area contributed by atoms with Gasteiger partial charge in [-0.1, -0.05) is 25.1 Å². The van der Waals surface area contributed by atoms with Crippen molar-refractivity contribution in [1.82, 2.24) is 19.5 Å². The maximum Gasteiger partial charge on any atom is 0.253 e. The molecule has 0 spiro atoms. The van der Waals surface area contributed by atoms with Crippen molar-refractivity contribution in [2.75, 3.05) is 13.1 Å². The van der Waals surface area contributed by atoms with Crippen molar-refractivity contribution in [2.24, 2.45) is 0 Å². The molecule has 0 unspecified atom stereocenters. The number of fused-ring (bicyclic) bond motifs is 1. The third-order valence-corrected chi connectivity index (χ3v) is 5.02. The van der Waals surface area contributed by atoms with Crippen molar-refractivity contribution >= 4 is 11.6 Å². The number of carbonyl (C=O) groups excluding carboxylic acids is 1. The molecule has 1 fully saturated rings. The molecule has 1 amide bonds. The van der Waals surface area contributed by atoms with Gasteiger partial charge in [0.25, 0.3) is 5.91 Å². The van der Waals surface area contributed by atoms with Gasteiger partial charge in [0.2, 0.25) is 0 Å². The molecule has 1 aliphatic rings. The molecule has 0 saturated carbocycles. The number of hydrogen-bond acceptors (Lipinski definition) is 3. The van der Waals surface area contributed by atoms with Crippen molar-refractivity contribution in [3.63, 3.8) is 0 Å². The zero-order valence-electron chi connectivity index (χ0n) is 14.4. The van der Waals surface area contributed by atoms with Gasteiger partial charge in [-0.25, -0.2) is 0 Å². The highest BCUT2D eigenvalue weighted by molar-refractivity contribution is 5.94. The molecule has 5 heteroatoms. The summed E-state index contributed by atoms with van der Waals surface area (Å²) in [6, 6.07) is 13.9. The number of benzene rings is 1. The Morgan fingerprint density at radius 3 is 2.80 bits per heavy atom. The van der Waals surface area contributed by atoms with E-state index in [1.807, 2.05) is 58.0 Å². The first-order valence-corrected chi connectivity index (χ1v) is 8.94. The molecule has 2 aromatic heterocycles. The summed E-state index contributed by atoms with van der Waals surface area (Å²) in [6.07, 6.45) is 5.01. The minimum Gasteiger partial charge on any atom is -0.338 e. The van der Waals surface area contributed by atoms with Crippen molar-refractivity contribution < 1.29 is 4.79 Å². The van der Waals surface area contributed by atoms with Crippen LogP contribution in [0.2, 0.25) is 0 Å². The lowest BCUT2D eigenvalue weighted by Gasteiger charge is -2.32. The monoisotopic (exact) mass is 334 g/mol. The minimum absolute atomic E-state index is 0.112. The smallest absolute Gasteiger partial charge is 0.253 e. The maximum atomic E-state index is 12.9. The van der Waals surface area contributed by atoms with E-state index in [-0.39, 0.29) is 11.8 Å². The normalized spacial score (nSPS) is 17.8. The fourth-order valence-electron chi connectivity index (χ4n) is 3.58. The summed E-state index contributed by atoms with van der Waals surface area (Å²) in [7, 11) is 0. The Kier molecular flexibility index (Phi) is 4.22. The number of pyridine rings is 1. The van der Waals surface area contributed by atoms with Gasteiger partial charge in [0.15, 0.2) is 5.65 Å². The topological polar surface area (TPSA) is 50.5 Å². The van der Waals surface area contributed by atoms with Crippen molar-refractivity contribution in [2.45, 2.75) is 32.1 Å². The zero-order valence-corrected chi connectivity index (χ0v) is 14.4. The van der Waals surface area contributed by atoms with Crippen LogP contribution < -0.4 is 0 Å². The first kappa shape index (κ1) is 15.8. The largest absolute Gasteiger partial charge is 0.338 e. The lowest BCUT2D eigenvalue weighted by molar-refractivity contribution is 0.0704. The summed E-state index contributed by atoms with van der Waals surface area (Å²) in [6.45, 7) is 3.63. The van der Waals surface area contributed by atoms with E-state index in [0.717, 1.165) is 42.8 Å². The summed E-state index contributed by atoms with van der Waals surface area (Å²) in [5.41, 5.74) is 2.88. The highest BCUT2D eigenvalue weighted by atomic mass is 16.2. The van der Waals surface area contributed by atoms with Crippen LogP contribution in [-0.4, -0.2) is 38.5 Å². The number of aryl methyl sites for hydroxylation is 1. The van der Waals surface area contributed by atoms with Gasteiger partial charge in [-0.3, -0.25) is 9.20 Å². The van der Waals surface area contributed by atoms with Gasteiger partial charge >= 0.3 is 0 Å². The number of piperidine rings is 1. The second-order valence-electron chi connectivity index (χ2n) is 6.63. The van der Waals surface area contributed by atoms with E-state index < -0.39 is 0 Å². The van der Waals surface area contributed by atoms with Gasteiger partial charge in [0.05, 0.1) is 0 Å². The predicted molar refractivity (Wildman–Crippen MR) is 96.7 cm³/mol. The molecule has 1 aliphatic heterocycles. The molecule has 3 aromatic rings. The SMILES string of the molecule is CCc1ccc(C(=O)N2CCC[C@@H](c3nnc4ccccn34)C2)cc1. The lowest BCUT2D eigenvalue weighted by Crippen LogP contribution is -2.39. The van der Waals surface area contributed by atoms with Gasteiger partial charge in [-0.15, -0.1) is 10.2 Å². The highest BCUT2D eigenvalue weighted by Crippen LogP contribution is 2.27. The summed E-state index contributed by atoms with van der Waals surface area (Å²) in [5, 5.41) is 8.63. The number of rotatable bonds is 3. The van der Waals surface area contributed by atoms with E-state index in [1.165, 1.54) is 5.56 Å². The Balaban J connectivity index is 1.55. The Labute approximate surface area is 147 Å². The predicted octanol–water partition coefficient (Wildman–Crippen LogP) is 3.31. The van der Waals surface area contributed by atoms with Crippen LogP contribution >= 0.6 is 0 Å². The number of amides is 1. The number of hydrogen-bond donors (Lipinski definition) is 0. The van der Waals surface area contributed by atoms with Gasteiger partial charge in [-0.2, -0.15) is 0 Å². The van der Waals surface area contributed by atoms with E-state index in [9.17, 15) is 4.79 Å². The molecule has 1 atom stereocenters. The molecule has 0 aliphatic carbocycles. The summed E-state index contributed by atoms with van der Waals surface area (Å²) < 4.78 is 2.04. The van der Waals surface area contributed by atoms with E-state index in [4.69, 9.17) is 0 Å². The average Bonchev–Trinajstić information content (AvgIpc) is 3.12. The van der Waals surface area contributed by atoms with Crippen LogP contribution in [-0.2, 0) is 6.42 Å². The molecular formula is C20H22N4O. The van der Waals surface area contributed by atoms with Crippen LogP contribution in [0.5, 0.6) is 0 Å². The minimum atomic E-state index is 0.112. The Morgan fingerprint density at radius 1 is 1.16 bits per heavy atom. The molecule has 25 heavy (non-hydrogen) atoms. The zero-order chi connectivity index (χ0) is 17.2. The molecule has 0 N–H and O–H groups in total. The van der Waals surface area contributed by atoms with Crippen LogP contribution in [0.15, 0.2) is 48.7 Å². The number of nitrogens with zero attached hydrogens (tertiary/aromatic N) is 4. The first-order valence-electron chi connectivity index (χ1n) is 8.94. The number of aromatic nitrogens is 3. The van der Waals surface area contributed by atoms with Crippen LogP contribution in [0.25, 0.3) is 5.65 Å². The van der Waals surface area contributed by atoms with Gasteiger partial charge in [0, 0.05) is 30.8 Å². The average molecular weight is 334 g/mol. The van der Waals surface area contributed by atoms with E-state index in [2.05, 4.69) is 17.1 Å². The number of carbonyl (C=O) groups is 1. The Bertz CT molecular complexity index is 884. The van der Waals surface area contributed by atoms with Gasteiger partial charge < -0.3 is 4.90 Å². The third-order valence-electron chi connectivity index (χ3n) is 5.02. The second kappa shape index (κ2) is 6.67. The van der Waals surface area contributed by atoms with Gasteiger partial charge in [-0.05, 0) is 49.1 Å². The summed E-state index contributed by atoms with van der Waals surface area (Å²) in [4.78, 5) is 14.8. The summed E-state index contributed by atoms with van der Waals surface area (Å²) in [5.74, 6) is 1.29. The molecule has 128 valence electrons. The van der Waals surface area contributed by atoms with Crippen LogP contribution in [0, 0.1) is 0 Å². The highest BCUT2D eigenvalue weighted by Gasteiger charge is 2.28. The van der Waals surface area contributed by atoms with E-state index in [1.54, 1.807) is 0 Å². The Morgan fingerprint density at radius 2 is 2.00 bits per heavy atom. The third kappa shape index (κ3) is 3.02. The van der Waals surface area contributed by atoms with Crippen LogP contribution in [0.1, 0.15) is 47.4 Å². The van der Waals surface area contributed by atoms with Crippen LogP contribution in [0.4, 0.5) is 0 Å². The molecule has 0 bridgehead atoms. The molecule has 4 rings (SSSR count). The molecule has 0 radical (unpaired) electrons. The lowest BCUT2D eigenvalue weighted by atomic mass is 9.96. The maximum absolute atomic E-state index is 12.9. The molecule has 5 nitrogen and oxygen atoms in total. The number of likely N-dealkylation sites (tertiary alicyclic amines) is 1. The Hall–Kier alpha value is -2.69. The van der Waals surface area contributed by atoms with Crippen molar-refractivity contribution in [3.8, 4) is 0 Å². The quantitative estimate of drug-likeness (QED) is 0.738. The summed E-state index contributed by atoms with van der Waals surface area (Å²) >= 11 is 0. The standard InChI is InChI=1S/C20H22N4O/c1-2-15-8-10-16(11-9-15)20(25)23-12-5-6-17(14-23)19-22-21-18-7-3-4-13-24(18)19/h3-4,7-11,13,17H,2,5-6,12,14H2,1H3/t17-/m1/s1. The molecule has 1 aromatic carbocycles. The second-order valence-corrected chi connectivity index (χ2v) is 6.63. The van der Waals surface area contributed by atoms with Gasteiger partial charge in [0.1, 0.15) is 5.82 Å². The fraction of sp³-hybridized carbons (Fsp3) is 0.350. The molecule has 3 heterocycles. The van der Waals surface area contributed by atoms with Crippen LogP contribution in [0.3, 0.4) is 0 Å². The molecular weight excluding hydrogens is 312 g/mol. The van der Waals surface area contributed by atoms with Crippen molar-refractivity contribution in [3.05, 3.63) is 65.6 Å². The van der Waals surface area contributed by atoms with E-state index in [0.29, 0.717) is 6.54 Å². The first-order chi connectivity index (χ1) is 12.3.